The van der Waals surface area contributed by atoms with Gasteiger partial charge in [-0.25, -0.2) is 0 Å². The van der Waals surface area contributed by atoms with Crippen LogP contribution < -0.4 is 14.4 Å². The Balaban J connectivity index is 1.84. The highest BCUT2D eigenvalue weighted by molar-refractivity contribution is 5.98. The second kappa shape index (κ2) is 3.93. The molecule has 4 nitrogen and oxygen atoms in total. The average Bonchev–Trinajstić information content (AvgIpc) is 2.88. The van der Waals surface area contributed by atoms with Crippen LogP contribution in [-0.4, -0.2) is 38.6 Å². The molecule has 22 heavy (non-hydrogen) atoms. The number of carbonyl (C=O) groups is 1. The molecule has 1 saturated heterocycles. The molecule has 0 aromatic heterocycles. The van der Waals surface area contributed by atoms with Gasteiger partial charge in [-0.05, 0) is 17.7 Å². The second-order valence-electron chi connectivity index (χ2n) is 7.11. The minimum Gasteiger partial charge on any atom is -0.493 e. The average molecular weight is 298 g/mol. The number of ether oxygens (including phenoxy) is 2. The van der Waals surface area contributed by atoms with E-state index >= 15 is 0 Å². The van der Waals surface area contributed by atoms with Gasteiger partial charge in [0.1, 0.15) is 0 Å². The molecule has 5 rings (SSSR count). The molecular formula is C18H20NO3+. The number of nitrogens with one attached hydrogen (secondary N) is 1. The van der Waals surface area contributed by atoms with Gasteiger partial charge in [0.05, 0.1) is 32.2 Å². The summed E-state index contributed by atoms with van der Waals surface area (Å²) in [5, 5.41) is 0. The van der Waals surface area contributed by atoms with Crippen LogP contribution in [0, 0.1) is 5.92 Å². The molecule has 2 bridgehead atoms. The van der Waals surface area contributed by atoms with Gasteiger partial charge >= 0.3 is 0 Å². The molecule has 2 heterocycles. The van der Waals surface area contributed by atoms with Crippen molar-refractivity contribution in [3.63, 3.8) is 0 Å². The number of rotatable bonds is 1. The fraction of sp³-hybridized carbons (Fsp3) is 0.500. The van der Waals surface area contributed by atoms with Gasteiger partial charge in [0, 0.05) is 24.3 Å². The Morgan fingerprint density at radius 1 is 1.41 bits per heavy atom. The first-order valence-corrected chi connectivity index (χ1v) is 8.08. The fourth-order valence-electron chi connectivity index (χ4n) is 5.38. The van der Waals surface area contributed by atoms with Gasteiger partial charge in [-0.1, -0.05) is 12.1 Å². The molecule has 0 saturated carbocycles. The Hall–Kier alpha value is -1.81. The van der Waals surface area contributed by atoms with Crippen LogP contribution in [0.4, 0.5) is 0 Å². The number of piperidine rings is 1. The lowest BCUT2D eigenvalue weighted by Crippen LogP contribution is -3.16. The zero-order valence-electron chi connectivity index (χ0n) is 12.9. The zero-order valence-corrected chi connectivity index (χ0v) is 12.9. The van der Waals surface area contributed by atoms with Crippen LogP contribution in [0.3, 0.4) is 0 Å². The summed E-state index contributed by atoms with van der Waals surface area (Å²) >= 11 is 0. The van der Waals surface area contributed by atoms with Crippen molar-refractivity contribution >= 4 is 5.78 Å². The molecule has 5 unspecified atom stereocenters. The molecule has 1 N–H and O–H groups in total. The van der Waals surface area contributed by atoms with Gasteiger partial charge in [0.2, 0.25) is 0 Å². The lowest BCUT2D eigenvalue weighted by Gasteiger charge is -2.52. The third kappa shape index (κ3) is 1.23. The number of carbonyl (C=O) groups excluding carboxylic acids is 1. The molecular weight excluding hydrogens is 278 g/mol. The molecule has 2 aliphatic carbocycles. The number of hydrogen-bond acceptors (Lipinski definition) is 3. The summed E-state index contributed by atoms with van der Waals surface area (Å²) in [6, 6.07) is 4.71. The van der Waals surface area contributed by atoms with Crippen molar-refractivity contribution in [1.29, 1.82) is 0 Å². The quantitative estimate of drug-likeness (QED) is 0.810. The maximum Gasteiger partial charge on any atom is 0.196 e. The molecule has 5 atom stereocenters. The Bertz CT molecular complexity index is 725. The number of likely N-dealkylation sites (tertiary alicyclic amines) is 1. The van der Waals surface area contributed by atoms with Crippen LogP contribution in [0.15, 0.2) is 24.3 Å². The number of methoxy groups -OCH3 is 1. The first-order valence-electron chi connectivity index (χ1n) is 8.08. The van der Waals surface area contributed by atoms with E-state index in [0.717, 1.165) is 30.9 Å². The Morgan fingerprint density at radius 2 is 2.27 bits per heavy atom. The van der Waals surface area contributed by atoms with Gasteiger partial charge in [-0.3, -0.25) is 4.79 Å². The van der Waals surface area contributed by atoms with Crippen molar-refractivity contribution in [2.24, 2.45) is 5.92 Å². The van der Waals surface area contributed by atoms with Crippen LogP contribution in [-0.2, 0) is 16.6 Å². The fourth-order valence-corrected chi connectivity index (χ4v) is 5.38. The van der Waals surface area contributed by atoms with E-state index in [9.17, 15) is 4.79 Å². The van der Waals surface area contributed by atoms with Gasteiger partial charge in [0.25, 0.3) is 0 Å². The van der Waals surface area contributed by atoms with E-state index in [2.05, 4.69) is 19.2 Å². The lowest BCUT2D eigenvalue weighted by molar-refractivity contribution is -0.917. The van der Waals surface area contributed by atoms with E-state index in [1.54, 1.807) is 18.1 Å². The summed E-state index contributed by atoms with van der Waals surface area (Å²) in [6.45, 7) is 1.10. The molecule has 1 spiro atoms. The Labute approximate surface area is 129 Å². The number of benzene rings is 1. The van der Waals surface area contributed by atoms with Crippen molar-refractivity contribution < 1.29 is 19.2 Å². The first kappa shape index (κ1) is 12.7. The van der Waals surface area contributed by atoms with E-state index in [0.29, 0.717) is 12.0 Å². The summed E-state index contributed by atoms with van der Waals surface area (Å²) in [7, 11) is 3.95. The minimum absolute atomic E-state index is 0.112. The lowest BCUT2D eigenvalue weighted by atomic mass is 9.53. The predicted molar refractivity (Wildman–Crippen MR) is 80.6 cm³/mol. The van der Waals surface area contributed by atoms with Crippen LogP contribution in [0.5, 0.6) is 11.5 Å². The molecule has 4 heteroatoms. The Morgan fingerprint density at radius 3 is 3.09 bits per heavy atom. The highest BCUT2D eigenvalue weighted by atomic mass is 16.5. The minimum atomic E-state index is -0.358. The van der Waals surface area contributed by atoms with Gasteiger partial charge < -0.3 is 14.4 Å². The van der Waals surface area contributed by atoms with Crippen LogP contribution in [0.2, 0.25) is 0 Å². The van der Waals surface area contributed by atoms with Crippen molar-refractivity contribution in [2.75, 3.05) is 20.7 Å². The zero-order chi connectivity index (χ0) is 15.1. The largest absolute Gasteiger partial charge is 0.493 e. The highest BCUT2D eigenvalue weighted by Gasteiger charge is 2.66. The van der Waals surface area contributed by atoms with E-state index in [1.165, 1.54) is 11.1 Å². The Kier molecular flexibility index (Phi) is 2.27. The highest BCUT2D eigenvalue weighted by Crippen LogP contribution is 2.60. The van der Waals surface area contributed by atoms with E-state index < -0.39 is 0 Å². The van der Waals surface area contributed by atoms with E-state index in [1.807, 2.05) is 6.07 Å². The molecule has 0 radical (unpaired) electrons. The topological polar surface area (TPSA) is 40.0 Å². The molecule has 1 aromatic rings. The van der Waals surface area contributed by atoms with Crippen LogP contribution in [0.1, 0.15) is 17.5 Å². The van der Waals surface area contributed by atoms with Gasteiger partial charge in [-0.15, -0.1) is 0 Å². The maximum absolute atomic E-state index is 12.5. The maximum atomic E-state index is 12.5. The van der Waals surface area contributed by atoms with Crippen molar-refractivity contribution in [1.82, 2.24) is 0 Å². The summed E-state index contributed by atoms with van der Waals surface area (Å²) in [6.07, 6.45) is 5.62. The molecule has 1 fully saturated rings. The molecule has 2 aliphatic heterocycles. The summed E-state index contributed by atoms with van der Waals surface area (Å²) in [5.74, 6) is 2.09. The first-order chi connectivity index (χ1) is 10.7. The summed E-state index contributed by atoms with van der Waals surface area (Å²) in [4.78, 5) is 14.1. The summed E-state index contributed by atoms with van der Waals surface area (Å²) < 4.78 is 11.7. The van der Waals surface area contributed by atoms with Gasteiger partial charge in [0.15, 0.2) is 23.4 Å². The molecule has 4 aliphatic rings. The number of hydrogen-bond donors (Lipinski definition) is 1. The predicted octanol–water partition coefficient (Wildman–Crippen LogP) is 0.292. The van der Waals surface area contributed by atoms with Gasteiger partial charge in [-0.2, -0.15) is 0 Å². The molecule has 0 amide bonds. The number of likely N-dealkylation sites (N-methyl/N-ethyl adjacent to an activating group) is 1. The van der Waals surface area contributed by atoms with Crippen LogP contribution >= 0.6 is 0 Å². The van der Waals surface area contributed by atoms with E-state index in [-0.39, 0.29) is 17.3 Å². The molecule has 1 aromatic carbocycles. The SMILES string of the molecule is COc1ccc2c3c1OC1C(=O)C=CC4C(C2)[NH+](C)CCC314. The third-order valence-corrected chi connectivity index (χ3v) is 6.36. The summed E-state index contributed by atoms with van der Waals surface area (Å²) in [5.41, 5.74) is 2.46. The smallest absolute Gasteiger partial charge is 0.196 e. The number of ketones is 1. The standard InChI is InChI=1S/C18H19NO3/c1-19-8-7-18-11-4-5-13(20)17(18)22-16-14(21-2)6-3-10(15(16)18)9-12(11)19/h3-6,11-12,17H,7-9H2,1-2H3/p+1. The van der Waals surface area contributed by atoms with Crippen molar-refractivity contribution in [3.05, 3.63) is 35.4 Å². The molecule has 114 valence electrons. The number of quaternary nitrogens is 1. The van der Waals surface area contributed by atoms with Crippen molar-refractivity contribution in [2.45, 2.75) is 30.4 Å². The van der Waals surface area contributed by atoms with Crippen LogP contribution in [0.25, 0.3) is 0 Å². The van der Waals surface area contributed by atoms with Crippen molar-refractivity contribution in [3.8, 4) is 11.5 Å². The monoisotopic (exact) mass is 298 g/mol. The normalized spacial score (nSPS) is 40.2. The second-order valence-corrected chi connectivity index (χ2v) is 7.11. The van der Waals surface area contributed by atoms with E-state index in [4.69, 9.17) is 9.47 Å². The third-order valence-electron chi connectivity index (χ3n) is 6.36.